The fourth-order valence-corrected chi connectivity index (χ4v) is 1.57. The minimum absolute atomic E-state index is 0.0685. The van der Waals surface area contributed by atoms with Crippen LogP contribution in [-0.2, 0) is 0 Å². The van der Waals surface area contributed by atoms with E-state index >= 15 is 0 Å². The number of amides is 1. The number of carbonyl (C=O) groups is 1. The van der Waals surface area contributed by atoms with Gasteiger partial charge in [0.25, 0.3) is 5.91 Å². The molecule has 0 fully saturated rings. The number of ether oxygens (including phenoxy) is 2. The molecule has 1 aromatic carbocycles. The smallest absolute Gasteiger partial charge is 0.281 e. The van der Waals surface area contributed by atoms with Crippen molar-refractivity contribution in [2.75, 3.05) is 24.8 Å². The SMILES string of the molecule is CCOc1cc(NC(=O)c2nonc2N)ccc1OC. The summed E-state index contributed by atoms with van der Waals surface area (Å²) in [5.74, 6) is 0.518. The predicted octanol–water partition coefficient (Wildman–Crippen LogP) is 1.31. The molecule has 0 unspecified atom stereocenters. The Morgan fingerprint density at radius 1 is 1.40 bits per heavy atom. The minimum atomic E-state index is -0.517. The topological polar surface area (TPSA) is 112 Å². The van der Waals surface area contributed by atoms with Crippen LogP contribution in [0, 0.1) is 0 Å². The van der Waals surface area contributed by atoms with Crippen LogP contribution in [0.3, 0.4) is 0 Å². The lowest BCUT2D eigenvalue weighted by Crippen LogP contribution is -2.14. The van der Waals surface area contributed by atoms with E-state index < -0.39 is 5.91 Å². The lowest BCUT2D eigenvalue weighted by Gasteiger charge is -2.11. The number of rotatable bonds is 5. The first kappa shape index (κ1) is 13.7. The Morgan fingerprint density at radius 3 is 2.80 bits per heavy atom. The first-order chi connectivity index (χ1) is 9.65. The van der Waals surface area contributed by atoms with Gasteiger partial charge in [-0.2, -0.15) is 0 Å². The maximum atomic E-state index is 11.9. The summed E-state index contributed by atoms with van der Waals surface area (Å²) >= 11 is 0. The highest BCUT2D eigenvalue weighted by Crippen LogP contribution is 2.30. The van der Waals surface area contributed by atoms with Crippen LogP contribution in [0.5, 0.6) is 11.5 Å². The van der Waals surface area contributed by atoms with Crippen LogP contribution in [0.1, 0.15) is 17.4 Å². The Hall–Kier alpha value is -2.77. The van der Waals surface area contributed by atoms with Gasteiger partial charge in [0.05, 0.1) is 13.7 Å². The predicted molar refractivity (Wildman–Crippen MR) is 70.8 cm³/mol. The molecule has 0 saturated carbocycles. The molecule has 0 bridgehead atoms. The zero-order valence-electron chi connectivity index (χ0n) is 11.0. The Morgan fingerprint density at radius 2 is 2.20 bits per heavy atom. The summed E-state index contributed by atoms with van der Waals surface area (Å²) in [4.78, 5) is 11.9. The van der Waals surface area contributed by atoms with Crippen molar-refractivity contribution in [3.8, 4) is 11.5 Å². The second-order valence-electron chi connectivity index (χ2n) is 3.75. The summed E-state index contributed by atoms with van der Waals surface area (Å²) < 4.78 is 14.9. The number of benzene rings is 1. The molecule has 0 aliphatic heterocycles. The van der Waals surface area contributed by atoms with Gasteiger partial charge in [0, 0.05) is 11.8 Å². The van der Waals surface area contributed by atoms with Gasteiger partial charge in [-0.25, -0.2) is 4.63 Å². The molecule has 2 aromatic rings. The summed E-state index contributed by atoms with van der Waals surface area (Å²) in [6, 6.07) is 5.00. The van der Waals surface area contributed by atoms with Crippen LogP contribution in [0.4, 0.5) is 11.5 Å². The largest absolute Gasteiger partial charge is 0.493 e. The molecular weight excluding hydrogens is 264 g/mol. The molecule has 2 rings (SSSR count). The average molecular weight is 278 g/mol. The van der Waals surface area contributed by atoms with Crippen LogP contribution >= 0.6 is 0 Å². The maximum absolute atomic E-state index is 11.9. The van der Waals surface area contributed by atoms with E-state index in [0.29, 0.717) is 23.8 Å². The minimum Gasteiger partial charge on any atom is -0.493 e. The maximum Gasteiger partial charge on any atom is 0.281 e. The van der Waals surface area contributed by atoms with E-state index in [1.165, 1.54) is 7.11 Å². The molecular formula is C12H14N4O4. The monoisotopic (exact) mass is 278 g/mol. The second-order valence-corrected chi connectivity index (χ2v) is 3.75. The normalized spacial score (nSPS) is 10.1. The molecule has 8 nitrogen and oxygen atoms in total. The van der Waals surface area contributed by atoms with Crippen molar-refractivity contribution >= 4 is 17.4 Å². The number of methoxy groups -OCH3 is 1. The van der Waals surface area contributed by atoms with Crippen LogP contribution in [0.15, 0.2) is 22.8 Å². The third-order valence-corrected chi connectivity index (χ3v) is 2.45. The number of aromatic nitrogens is 2. The van der Waals surface area contributed by atoms with Gasteiger partial charge >= 0.3 is 0 Å². The number of nitrogens with zero attached hydrogens (tertiary/aromatic N) is 2. The summed E-state index contributed by atoms with van der Waals surface area (Å²) in [5, 5.41) is 9.38. The summed E-state index contributed by atoms with van der Waals surface area (Å²) in [7, 11) is 1.54. The second kappa shape index (κ2) is 5.91. The fourth-order valence-electron chi connectivity index (χ4n) is 1.57. The van der Waals surface area contributed by atoms with Crippen molar-refractivity contribution in [1.29, 1.82) is 0 Å². The van der Waals surface area contributed by atoms with Crippen LogP contribution in [-0.4, -0.2) is 29.9 Å². The Labute approximate surface area is 114 Å². The number of nitrogens with one attached hydrogen (secondary N) is 1. The molecule has 106 valence electrons. The third kappa shape index (κ3) is 2.79. The van der Waals surface area contributed by atoms with E-state index in [9.17, 15) is 4.79 Å². The lowest BCUT2D eigenvalue weighted by atomic mass is 10.2. The van der Waals surface area contributed by atoms with Gasteiger partial charge in [0.15, 0.2) is 11.5 Å². The van der Waals surface area contributed by atoms with Gasteiger partial charge in [0.2, 0.25) is 11.5 Å². The van der Waals surface area contributed by atoms with Gasteiger partial charge in [-0.05, 0) is 29.4 Å². The zero-order valence-corrected chi connectivity index (χ0v) is 11.0. The van der Waals surface area contributed by atoms with Crippen LogP contribution < -0.4 is 20.5 Å². The highest BCUT2D eigenvalue weighted by molar-refractivity contribution is 6.05. The quantitative estimate of drug-likeness (QED) is 0.847. The molecule has 0 saturated heterocycles. The summed E-state index contributed by atoms with van der Waals surface area (Å²) in [6.45, 7) is 2.33. The highest BCUT2D eigenvalue weighted by atomic mass is 16.6. The summed E-state index contributed by atoms with van der Waals surface area (Å²) in [5.41, 5.74) is 5.89. The van der Waals surface area contributed by atoms with Gasteiger partial charge in [0.1, 0.15) is 0 Å². The molecule has 0 spiro atoms. The van der Waals surface area contributed by atoms with E-state index in [-0.39, 0.29) is 11.5 Å². The van der Waals surface area contributed by atoms with Crippen molar-refractivity contribution in [3.63, 3.8) is 0 Å². The van der Waals surface area contributed by atoms with E-state index in [2.05, 4.69) is 20.3 Å². The fraction of sp³-hybridized carbons (Fsp3) is 0.250. The van der Waals surface area contributed by atoms with Gasteiger partial charge < -0.3 is 20.5 Å². The Bertz CT molecular complexity index is 611. The number of carbonyl (C=O) groups excluding carboxylic acids is 1. The van der Waals surface area contributed by atoms with Crippen molar-refractivity contribution < 1.29 is 18.9 Å². The molecule has 1 amide bonds. The van der Waals surface area contributed by atoms with E-state index in [4.69, 9.17) is 15.2 Å². The number of nitrogen functional groups attached to an aromatic ring is 1. The van der Waals surface area contributed by atoms with Crippen molar-refractivity contribution in [2.45, 2.75) is 6.92 Å². The van der Waals surface area contributed by atoms with Crippen molar-refractivity contribution in [3.05, 3.63) is 23.9 Å². The van der Waals surface area contributed by atoms with E-state index in [1.54, 1.807) is 18.2 Å². The van der Waals surface area contributed by atoms with Crippen LogP contribution in [0.2, 0.25) is 0 Å². The Balaban J connectivity index is 2.19. The zero-order chi connectivity index (χ0) is 14.5. The lowest BCUT2D eigenvalue weighted by molar-refractivity contribution is 0.101. The van der Waals surface area contributed by atoms with Gasteiger partial charge in [-0.1, -0.05) is 0 Å². The number of hydrogen-bond acceptors (Lipinski definition) is 7. The molecule has 0 aliphatic carbocycles. The van der Waals surface area contributed by atoms with Crippen molar-refractivity contribution in [2.24, 2.45) is 0 Å². The molecule has 0 aliphatic rings. The number of anilines is 2. The highest BCUT2D eigenvalue weighted by Gasteiger charge is 2.16. The average Bonchev–Trinajstić information content (AvgIpc) is 2.86. The standard InChI is InChI=1S/C12H14N4O4/c1-3-19-9-6-7(4-5-8(9)18-2)14-12(17)10-11(13)16-20-15-10/h4-6H,3H2,1-2H3,(H2,13,16)(H,14,17). The number of nitrogens with two attached hydrogens (primary N) is 1. The van der Waals surface area contributed by atoms with Gasteiger partial charge in [-0.15, -0.1) is 0 Å². The Kier molecular flexibility index (Phi) is 4.04. The van der Waals surface area contributed by atoms with Crippen molar-refractivity contribution in [1.82, 2.24) is 10.3 Å². The summed E-state index contributed by atoms with van der Waals surface area (Å²) in [6.07, 6.45) is 0. The van der Waals surface area contributed by atoms with E-state index in [1.807, 2.05) is 6.92 Å². The van der Waals surface area contributed by atoms with Gasteiger partial charge in [-0.3, -0.25) is 4.79 Å². The molecule has 1 aromatic heterocycles. The first-order valence-electron chi connectivity index (χ1n) is 5.86. The molecule has 20 heavy (non-hydrogen) atoms. The molecule has 3 N–H and O–H groups in total. The number of hydrogen-bond donors (Lipinski definition) is 2. The molecule has 0 atom stereocenters. The molecule has 0 radical (unpaired) electrons. The third-order valence-electron chi connectivity index (χ3n) is 2.45. The molecule has 8 heteroatoms. The van der Waals surface area contributed by atoms with Crippen LogP contribution in [0.25, 0.3) is 0 Å². The first-order valence-corrected chi connectivity index (χ1v) is 5.86. The molecule has 1 heterocycles. The van der Waals surface area contributed by atoms with E-state index in [0.717, 1.165) is 0 Å².